The van der Waals surface area contributed by atoms with E-state index in [0.717, 1.165) is 17.9 Å². The summed E-state index contributed by atoms with van der Waals surface area (Å²) in [6.45, 7) is 1.87. The van der Waals surface area contributed by atoms with Crippen molar-refractivity contribution >= 4 is 11.6 Å². The number of amides is 1. The first-order valence-electron chi connectivity index (χ1n) is 6.80. The molecule has 1 fully saturated rings. The number of benzene rings is 1. The lowest BCUT2D eigenvalue weighted by molar-refractivity contribution is -0.167. The highest BCUT2D eigenvalue weighted by Crippen LogP contribution is 2.37. The van der Waals surface area contributed by atoms with E-state index in [0.29, 0.717) is 31.9 Å². The van der Waals surface area contributed by atoms with Crippen molar-refractivity contribution in [3.05, 3.63) is 18.2 Å². The second-order valence-electron chi connectivity index (χ2n) is 4.79. The molecule has 0 bridgehead atoms. The molecule has 1 amide bonds. The van der Waals surface area contributed by atoms with Gasteiger partial charge in [0.1, 0.15) is 6.04 Å². The van der Waals surface area contributed by atoms with Gasteiger partial charge < -0.3 is 14.8 Å². The highest BCUT2D eigenvalue weighted by molar-refractivity contribution is 5.86. The van der Waals surface area contributed by atoms with E-state index in [1.165, 1.54) is 12.2 Å². The van der Waals surface area contributed by atoms with Gasteiger partial charge in [-0.2, -0.15) is 0 Å². The molecular formula is C14H18N2O4. The molecular weight excluding hydrogens is 260 g/mol. The zero-order valence-electron chi connectivity index (χ0n) is 11.4. The van der Waals surface area contributed by atoms with Crippen LogP contribution in [0.15, 0.2) is 18.2 Å². The molecule has 1 unspecified atom stereocenters. The van der Waals surface area contributed by atoms with E-state index in [-0.39, 0.29) is 11.9 Å². The minimum Gasteiger partial charge on any atom is -0.489 e. The summed E-state index contributed by atoms with van der Waals surface area (Å²) in [6.07, 6.45) is 1.56. The summed E-state index contributed by atoms with van der Waals surface area (Å²) in [5.41, 5.74) is 0.792. The topological polar surface area (TPSA) is 60.0 Å². The Morgan fingerprint density at radius 3 is 3.00 bits per heavy atom. The molecule has 108 valence electrons. The number of anilines is 1. The van der Waals surface area contributed by atoms with Gasteiger partial charge >= 0.3 is 0 Å². The van der Waals surface area contributed by atoms with Crippen LogP contribution in [0.25, 0.3) is 0 Å². The molecule has 6 heteroatoms. The van der Waals surface area contributed by atoms with Crippen LogP contribution in [0, 0.1) is 0 Å². The predicted octanol–water partition coefficient (Wildman–Crippen LogP) is 1.42. The first-order chi connectivity index (χ1) is 9.79. The molecule has 2 aliphatic rings. The lowest BCUT2D eigenvalue weighted by Crippen LogP contribution is -2.32. The number of hydrogen-bond donors (Lipinski definition) is 1. The number of ether oxygens (including phenoxy) is 2. The Hall–Kier alpha value is -1.95. The fourth-order valence-electron chi connectivity index (χ4n) is 2.46. The molecule has 3 rings (SSSR count). The molecule has 1 atom stereocenters. The number of carbonyl (C=O) groups is 1. The Bertz CT molecular complexity index is 506. The van der Waals surface area contributed by atoms with Crippen molar-refractivity contribution in [2.24, 2.45) is 0 Å². The minimum absolute atomic E-state index is 0.0559. The van der Waals surface area contributed by atoms with E-state index in [4.69, 9.17) is 14.3 Å². The average Bonchev–Trinajstić information content (AvgIpc) is 2.67. The molecule has 1 aromatic carbocycles. The SMILES string of the molecule is CON1CCC(Nc2cccc3c2OCCCO3)C1=O. The second kappa shape index (κ2) is 5.58. The van der Waals surface area contributed by atoms with E-state index in [9.17, 15) is 4.79 Å². The summed E-state index contributed by atoms with van der Waals surface area (Å²) < 4.78 is 11.4. The van der Waals surface area contributed by atoms with Crippen LogP contribution in [0.4, 0.5) is 5.69 Å². The Balaban J connectivity index is 1.80. The van der Waals surface area contributed by atoms with Crippen molar-refractivity contribution in [1.82, 2.24) is 5.06 Å². The number of rotatable bonds is 3. The van der Waals surface area contributed by atoms with Gasteiger partial charge in [-0.1, -0.05) is 6.07 Å². The third kappa shape index (κ3) is 2.38. The second-order valence-corrected chi connectivity index (χ2v) is 4.79. The molecule has 1 aromatic rings. The van der Waals surface area contributed by atoms with Crippen LogP contribution in [0.1, 0.15) is 12.8 Å². The molecule has 20 heavy (non-hydrogen) atoms. The zero-order chi connectivity index (χ0) is 13.9. The molecule has 0 aromatic heterocycles. The van der Waals surface area contributed by atoms with Gasteiger partial charge in [-0.3, -0.25) is 9.63 Å². The number of para-hydroxylation sites is 1. The molecule has 0 radical (unpaired) electrons. The molecule has 1 saturated heterocycles. The van der Waals surface area contributed by atoms with Crippen molar-refractivity contribution in [1.29, 1.82) is 0 Å². The van der Waals surface area contributed by atoms with E-state index in [1.54, 1.807) is 0 Å². The number of hydroxylamine groups is 2. The first-order valence-corrected chi connectivity index (χ1v) is 6.80. The van der Waals surface area contributed by atoms with Gasteiger partial charge in [0.15, 0.2) is 11.5 Å². The van der Waals surface area contributed by atoms with Crippen LogP contribution in [0.5, 0.6) is 11.5 Å². The summed E-state index contributed by atoms with van der Waals surface area (Å²) in [5, 5.41) is 4.61. The Kier molecular flexibility index (Phi) is 3.64. The van der Waals surface area contributed by atoms with Gasteiger partial charge in [-0.15, -0.1) is 0 Å². The largest absolute Gasteiger partial charge is 0.489 e. The van der Waals surface area contributed by atoms with Gasteiger partial charge in [0.2, 0.25) is 0 Å². The summed E-state index contributed by atoms with van der Waals surface area (Å²) in [7, 11) is 1.51. The third-order valence-corrected chi connectivity index (χ3v) is 3.49. The number of nitrogens with zero attached hydrogens (tertiary/aromatic N) is 1. The molecule has 0 saturated carbocycles. The third-order valence-electron chi connectivity index (χ3n) is 3.49. The van der Waals surface area contributed by atoms with Gasteiger partial charge in [0.25, 0.3) is 5.91 Å². The zero-order valence-corrected chi connectivity index (χ0v) is 11.4. The van der Waals surface area contributed by atoms with Gasteiger partial charge in [-0.25, -0.2) is 5.06 Å². The summed E-state index contributed by atoms with van der Waals surface area (Å²) in [6, 6.07) is 5.39. The first kappa shape index (κ1) is 13.1. The Labute approximate surface area is 117 Å². The Morgan fingerprint density at radius 1 is 1.35 bits per heavy atom. The van der Waals surface area contributed by atoms with Crippen LogP contribution in [-0.2, 0) is 9.63 Å². The molecule has 0 aliphatic carbocycles. The maximum atomic E-state index is 12.0. The van der Waals surface area contributed by atoms with Gasteiger partial charge in [0.05, 0.1) is 32.6 Å². The van der Waals surface area contributed by atoms with Crippen LogP contribution in [0.2, 0.25) is 0 Å². The van der Waals surface area contributed by atoms with Crippen molar-refractivity contribution < 1.29 is 19.1 Å². The van der Waals surface area contributed by atoms with Crippen molar-refractivity contribution in [3.63, 3.8) is 0 Å². The van der Waals surface area contributed by atoms with E-state index in [1.807, 2.05) is 18.2 Å². The van der Waals surface area contributed by atoms with Crippen LogP contribution in [0.3, 0.4) is 0 Å². The highest BCUT2D eigenvalue weighted by Gasteiger charge is 2.32. The fraction of sp³-hybridized carbons (Fsp3) is 0.500. The molecule has 2 heterocycles. The minimum atomic E-state index is -0.284. The predicted molar refractivity (Wildman–Crippen MR) is 72.8 cm³/mol. The van der Waals surface area contributed by atoms with Gasteiger partial charge in [-0.05, 0) is 18.6 Å². The summed E-state index contributed by atoms with van der Waals surface area (Å²) >= 11 is 0. The highest BCUT2D eigenvalue weighted by atomic mass is 16.7. The van der Waals surface area contributed by atoms with E-state index < -0.39 is 0 Å². The lowest BCUT2D eigenvalue weighted by Gasteiger charge is -2.18. The quantitative estimate of drug-likeness (QED) is 0.906. The molecule has 1 N–H and O–H groups in total. The smallest absolute Gasteiger partial charge is 0.268 e. The van der Waals surface area contributed by atoms with Crippen molar-refractivity contribution in [3.8, 4) is 11.5 Å². The molecule has 0 spiro atoms. The molecule has 2 aliphatic heterocycles. The normalized spacial score (nSPS) is 21.8. The summed E-state index contributed by atoms with van der Waals surface area (Å²) in [4.78, 5) is 17.1. The molecule has 6 nitrogen and oxygen atoms in total. The number of hydrogen-bond acceptors (Lipinski definition) is 5. The Morgan fingerprint density at radius 2 is 2.20 bits per heavy atom. The van der Waals surface area contributed by atoms with E-state index >= 15 is 0 Å². The lowest BCUT2D eigenvalue weighted by atomic mass is 10.2. The standard InChI is InChI=1S/C14H18N2O4/c1-18-16-7-6-11(14(16)17)15-10-4-2-5-12-13(10)20-9-3-8-19-12/h2,4-5,11,15H,3,6-9H2,1H3. The average molecular weight is 278 g/mol. The maximum Gasteiger partial charge on any atom is 0.268 e. The maximum absolute atomic E-state index is 12.0. The monoisotopic (exact) mass is 278 g/mol. The van der Waals surface area contributed by atoms with E-state index in [2.05, 4.69) is 5.32 Å². The van der Waals surface area contributed by atoms with Gasteiger partial charge in [0, 0.05) is 6.42 Å². The van der Waals surface area contributed by atoms with Crippen LogP contribution >= 0.6 is 0 Å². The van der Waals surface area contributed by atoms with Crippen LogP contribution in [-0.4, -0.2) is 43.9 Å². The number of nitrogens with one attached hydrogen (secondary N) is 1. The van der Waals surface area contributed by atoms with Crippen molar-refractivity contribution in [2.75, 3.05) is 32.2 Å². The fourth-order valence-corrected chi connectivity index (χ4v) is 2.46. The number of fused-ring (bicyclic) bond motifs is 1. The van der Waals surface area contributed by atoms with Crippen LogP contribution < -0.4 is 14.8 Å². The number of carbonyl (C=O) groups excluding carboxylic acids is 1. The summed E-state index contributed by atoms with van der Waals surface area (Å²) in [5.74, 6) is 1.36. The van der Waals surface area contributed by atoms with Crippen molar-refractivity contribution in [2.45, 2.75) is 18.9 Å².